The fraction of sp³-hybridized carbons (Fsp3) is 0.333. The second-order valence-electron chi connectivity index (χ2n) is 7.87. The van der Waals surface area contributed by atoms with Crippen molar-refractivity contribution in [3.8, 4) is 23.0 Å². The predicted octanol–water partition coefficient (Wildman–Crippen LogP) is 4.25. The van der Waals surface area contributed by atoms with E-state index >= 15 is 0 Å². The maximum Gasteiger partial charge on any atom is 0.407 e. The first kappa shape index (κ1) is 23.6. The molecule has 0 unspecified atom stereocenters. The standard InChI is InChI=1S/C21H22BrFN4O5/c1-21(2,3)26-20(29)31-15(11-28)9-17-25-18(27-32-17)12-4-6-14(7-5-12)30-19-16(23)8-13(22)10-24-19/h4-8,10,15,28H,9,11H2,1-3H3,(H,26,29)/t15-/m0/s1. The summed E-state index contributed by atoms with van der Waals surface area (Å²) in [5.41, 5.74) is 0.160. The van der Waals surface area contributed by atoms with Gasteiger partial charge in [0.1, 0.15) is 11.9 Å². The molecule has 0 saturated carbocycles. The lowest BCUT2D eigenvalue weighted by atomic mass is 10.1. The molecule has 1 aromatic carbocycles. The van der Waals surface area contributed by atoms with Crippen molar-refractivity contribution in [3.63, 3.8) is 0 Å². The Bertz CT molecular complexity index is 1070. The Labute approximate surface area is 192 Å². The smallest absolute Gasteiger partial charge is 0.407 e. The number of aliphatic hydroxyl groups excluding tert-OH is 1. The third-order valence-corrected chi connectivity index (χ3v) is 4.36. The Morgan fingerprint density at radius 3 is 2.66 bits per heavy atom. The summed E-state index contributed by atoms with van der Waals surface area (Å²) < 4.78 is 30.2. The molecule has 3 rings (SSSR count). The third-order valence-electron chi connectivity index (χ3n) is 3.93. The molecule has 1 atom stereocenters. The lowest BCUT2D eigenvalue weighted by Crippen LogP contribution is -2.43. The van der Waals surface area contributed by atoms with Gasteiger partial charge in [0, 0.05) is 21.8 Å². The number of aromatic nitrogens is 3. The molecule has 0 aliphatic heterocycles. The number of carbonyl (C=O) groups excluding carboxylic acids is 1. The van der Waals surface area contributed by atoms with Crippen LogP contribution in [-0.4, -0.2) is 44.6 Å². The first-order chi connectivity index (χ1) is 15.1. The van der Waals surface area contributed by atoms with E-state index in [4.69, 9.17) is 14.0 Å². The normalized spacial score (nSPS) is 12.3. The van der Waals surface area contributed by atoms with Crippen LogP contribution in [-0.2, 0) is 11.2 Å². The number of aliphatic hydroxyl groups is 1. The molecular formula is C21H22BrFN4O5. The lowest BCUT2D eigenvalue weighted by Gasteiger charge is -2.22. The van der Waals surface area contributed by atoms with E-state index in [0.29, 0.717) is 21.6 Å². The van der Waals surface area contributed by atoms with E-state index in [1.54, 1.807) is 24.3 Å². The van der Waals surface area contributed by atoms with Crippen LogP contribution in [0.5, 0.6) is 11.6 Å². The van der Waals surface area contributed by atoms with Crippen molar-refractivity contribution in [2.45, 2.75) is 38.8 Å². The Morgan fingerprint density at radius 2 is 2.03 bits per heavy atom. The van der Waals surface area contributed by atoms with E-state index in [-0.39, 0.29) is 18.2 Å². The monoisotopic (exact) mass is 508 g/mol. The van der Waals surface area contributed by atoms with Crippen molar-refractivity contribution in [1.29, 1.82) is 0 Å². The van der Waals surface area contributed by atoms with E-state index < -0.39 is 30.2 Å². The van der Waals surface area contributed by atoms with Crippen LogP contribution in [0.3, 0.4) is 0 Å². The van der Waals surface area contributed by atoms with Crippen LogP contribution in [0, 0.1) is 5.82 Å². The Morgan fingerprint density at radius 1 is 1.31 bits per heavy atom. The quantitative estimate of drug-likeness (QED) is 0.485. The highest BCUT2D eigenvalue weighted by Gasteiger charge is 2.21. The van der Waals surface area contributed by atoms with Crippen molar-refractivity contribution in [2.24, 2.45) is 0 Å². The summed E-state index contributed by atoms with van der Waals surface area (Å²) in [6.45, 7) is 5.04. The number of alkyl carbamates (subject to hydrolysis) is 1. The molecule has 32 heavy (non-hydrogen) atoms. The molecule has 9 nitrogen and oxygen atoms in total. The lowest BCUT2D eigenvalue weighted by molar-refractivity contribution is 0.0496. The molecule has 0 saturated heterocycles. The number of nitrogens with zero attached hydrogens (tertiary/aromatic N) is 3. The SMILES string of the molecule is CC(C)(C)NC(=O)O[C@H](CO)Cc1nc(-c2ccc(Oc3ncc(Br)cc3F)cc2)no1. The maximum atomic E-state index is 13.9. The average molecular weight is 509 g/mol. The molecule has 170 valence electrons. The second-order valence-corrected chi connectivity index (χ2v) is 8.78. The summed E-state index contributed by atoms with van der Waals surface area (Å²) in [5, 5.41) is 16.1. The van der Waals surface area contributed by atoms with Crippen molar-refractivity contribution >= 4 is 22.0 Å². The Balaban J connectivity index is 1.62. The van der Waals surface area contributed by atoms with Gasteiger partial charge in [-0.3, -0.25) is 0 Å². The number of nitrogens with one attached hydrogen (secondary N) is 1. The zero-order chi connectivity index (χ0) is 23.3. The zero-order valence-electron chi connectivity index (χ0n) is 17.6. The number of pyridine rings is 1. The summed E-state index contributed by atoms with van der Waals surface area (Å²) in [6.07, 6.45) is -0.00106. The van der Waals surface area contributed by atoms with Crippen LogP contribution in [0.4, 0.5) is 9.18 Å². The van der Waals surface area contributed by atoms with Gasteiger partial charge < -0.3 is 24.4 Å². The minimum Gasteiger partial charge on any atom is -0.443 e. The molecular weight excluding hydrogens is 487 g/mol. The van der Waals surface area contributed by atoms with Gasteiger partial charge in [-0.25, -0.2) is 14.2 Å². The van der Waals surface area contributed by atoms with Gasteiger partial charge in [-0.1, -0.05) is 5.16 Å². The van der Waals surface area contributed by atoms with Crippen molar-refractivity contribution in [3.05, 3.63) is 52.7 Å². The number of ether oxygens (including phenoxy) is 2. The van der Waals surface area contributed by atoms with Gasteiger partial charge in [-0.15, -0.1) is 0 Å². The van der Waals surface area contributed by atoms with Gasteiger partial charge in [0.2, 0.25) is 11.7 Å². The molecule has 3 aromatic rings. The average Bonchev–Trinajstić information content (AvgIpc) is 3.17. The molecule has 0 spiro atoms. The zero-order valence-corrected chi connectivity index (χ0v) is 19.2. The minimum absolute atomic E-state index is 0.0524. The molecule has 0 radical (unpaired) electrons. The number of halogens is 2. The van der Waals surface area contributed by atoms with Crippen molar-refractivity contribution in [2.75, 3.05) is 6.61 Å². The molecule has 0 bridgehead atoms. The number of hydrogen-bond acceptors (Lipinski definition) is 8. The number of rotatable bonds is 7. The van der Waals surface area contributed by atoms with E-state index in [0.717, 1.165) is 0 Å². The van der Waals surface area contributed by atoms with E-state index in [2.05, 4.69) is 36.4 Å². The number of hydrogen-bond donors (Lipinski definition) is 2. The van der Waals surface area contributed by atoms with Crippen molar-refractivity contribution in [1.82, 2.24) is 20.4 Å². The molecule has 2 heterocycles. The molecule has 0 aliphatic rings. The van der Waals surface area contributed by atoms with Crippen LogP contribution in [0.1, 0.15) is 26.7 Å². The van der Waals surface area contributed by atoms with Gasteiger partial charge in [0.05, 0.1) is 13.0 Å². The third kappa shape index (κ3) is 6.72. The molecule has 1 amide bonds. The summed E-state index contributed by atoms with van der Waals surface area (Å²) in [5.74, 6) is 0.139. The molecule has 0 fully saturated rings. The molecule has 0 aliphatic carbocycles. The Hall–Kier alpha value is -3.05. The minimum atomic E-state index is -0.838. The van der Waals surface area contributed by atoms with E-state index in [9.17, 15) is 14.3 Å². The highest BCUT2D eigenvalue weighted by atomic mass is 79.9. The van der Waals surface area contributed by atoms with Crippen LogP contribution in [0.15, 0.2) is 45.5 Å². The van der Waals surface area contributed by atoms with Crippen LogP contribution < -0.4 is 10.1 Å². The van der Waals surface area contributed by atoms with Crippen LogP contribution in [0.25, 0.3) is 11.4 Å². The fourth-order valence-corrected chi connectivity index (χ4v) is 2.84. The predicted molar refractivity (Wildman–Crippen MR) is 116 cm³/mol. The first-order valence-corrected chi connectivity index (χ1v) is 10.4. The summed E-state index contributed by atoms with van der Waals surface area (Å²) >= 11 is 3.14. The highest BCUT2D eigenvalue weighted by molar-refractivity contribution is 9.10. The summed E-state index contributed by atoms with van der Waals surface area (Å²) in [7, 11) is 0. The largest absolute Gasteiger partial charge is 0.443 e. The number of carbonyl (C=O) groups is 1. The van der Waals surface area contributed by atoms with Gasteiger partial charge >= 0.3 is 6.09 Å². The topological polar surface area (TPSA) is 120 Å². The van der Waals surface area contributed by atoms with Gasteiger partial charge in [-0.2, -0.15) is 4.98 Å². The van der Waals surface area contributed by atoms with Crippen LogP contribution >= 0.6 is 15.9 Å². The van der Waals surface area contributed by atoms with Gasteiger partial charge in [0.25, 0.3) is 5.88 Å². The first-order valence-electron chi connectivity index (χ1n) is 9.64. The summed E-state index contributed by atoms with van der Waals surface area (Å²) in [6, 6.07) is 7.85. The maximum absolute atomic E-state index is 13.9. The number of benzene rings is 1. The highest BCUT2D eigenvalue weighted by Crippen LogP contribution is 2.26. The number of amides is 1. The van der Waals surface area contributed by atoms with Crippen LogP contribution in [0.2, 0.25) is 0 Å². The van der Waals surface area contributed by atoms with Gasteiger partial charge in [-0.05, 0) is 67.0 Å². The van der Waals surface area contributed by atoms with E-state index in [1.807, 2.05) is 20.8 Å². The van der Waals surface area contributed by atoms with E-state index in [1.165, 1.54) is 12.3 Å². The molecule has 11 heteroatoms. The second kappa shape index (κ2) is 10.0. The Kier molecular flexibility index (Phi) is 7.41. The fourth-order valence-electron chi connectivity index (χ4n) is 2.54. The van der Waals surface area contributed by atoms with Crippen molar-refractivity contribution < 1.29 is 28.3 Å². The summed E-state index contributed by atoms with van der Waals surface area (Å²) in [4.78, 5) is 20.0. The molecule has 2 aromatic heterocycles. The molecule has 2 N–H and O–H groups in total. The van der Waals surface area contributed by atoms with Gasteiger partial charge in [0.15, 0.2) is 5.82 Å².